The summed E-state index contributed by atoms with van der Waals surface area (Å²) in [7, 11) is 0. The molecule has 0 unspecified atom stereocenters. The molecule has 2 N–H and O–H groups in total. The number of rotatable bonds is 6. The summed E-state index contributed by atoms with van der Waals surface area (Å²) < 4.78 is 154. The van der Waals surface area contributed by atoms with Gasteiger partial charge in [0.25, 0.3) is 0 Å². The maximum atomic E-state index is 12.8. The fourth-order valence-corrected chi connectivity index (χ4v) is 2.67. The molecule has 0 atom stereocenters. The van der Waals surface area contributed by atoms with Crippen molar-refractivity contribution in [2.75, 3.05) is 23.7 Å². The lowest BCUT2D eigenvalue weighted by Crippen LogP contribution is -2.15. The summed E-state index contributed by atoms with van der Waals surface area (Å²) in [6, 6.07) is 1.68. The van der Waals surface area contributed by atoms with Gasteiger partial charge in [-0.15, -0.1) is 0 Å². The van der Waals surface area contributed by atoms with E-state index >= 15 is 0 Å². The van der Waals surface area contributed by atoms with Crippen molar-refractivity contribution < 1.29 is 52.7 Å². The number of hydrogen-bond acceptors (Lipinski definition) is 2. The van der Waals surface area contributed by atoms with Crippen molar-refractivity contribution in [3.05, 3.63) is 58.7 Å². The Bertz CT molecular complexity index is 813. The fourth-order valence-electron chi connectivity index (χ4n) is 2.67. The van der Waals surface area contributed by atoms with Crippen LogP contribution in [0.25, 0.3) is 0 Å². The second kappa shape index (κ2) is 9.21. The Labute approximate surface area is 178 Å². The molecule has 184 valence electrons. The maximum absolute atomic E-state index is 12.8. The van der Waals surface area contributed by atoms with Crippen molar-refractivity contribution in [2.24, 2.45) is 0 Å². The zero-order chi connectivity index (χ0) is 25.2. The van der Waals surface area contributed by atoms with E-state index in [0.717, 1.165) is 0 Å². The Kier molecular flexibility index (Phi) is 7.39. The van der Waals surface area contributed by atoms with Gasteiger partial charge < -0.3 is 10.6 Å². The molecular weight excluding hydrogens is 484 g/mol. The summed E-state index contributed by atoms with van der Waals surface area (Å²) >= 11 is 0. The minimum absolute atomic E-state index is 0.0569. The van der Waals surface area contributed by atoms with Gasteiger partial charge in [-0.2, -0.15) is 52.7 Å². The zero-order valence-corrected chi connectivity index (χ0v) is 16.1. The van der Waals surface area contributed by atoms with E-state index in [1.165, 1.54) is 0 Å². The summed E-state index contributed by atoms with van der Waals surface area (Å²) in [5.41, 5.74) is -7.17. The lowest BCUT2D eigenvalue weighted by Gasteiger charge is -2.16. The first-order chi connectivity index (χ1) is 14.9. The Balaban J connectivity index is 2.07. The first-order valence-electron chi connectivity index (χ1n) is 8.94. The minimum atomic E-state index is -5.04. The van der Waals surface area contributed by atoms with Crippen molar-refractivity contribution in [3.63, 3.8) is 0 Å². The van der Waals surface area contributed by atoms with Gasteiger partial charge in [-0.1, -0.05) is 0 Å². The van der Waals surface area contributed by atoms with E-state index in [1.807, 2.05) is 0 Å². The Hall–Kier alpha value is -2.80. The van der Waals surface area contributed by atoms with E-state index in [2.05, 4.69) is 10.6 Å². The van der Waals surface area contributed by atoms with Gasteiger partial charge in [-0.25, -0.2) is 0 Å². The van der Waals surface area contributed by atoms with Crippen molar-refractivity contribution in [1.29, 1.82) is 0 Å². The average molecular weight is 498 g/mol. The summed E-state index contributed by atoms with van der Waals surface area (Å²) in [6.45, 7) is -0.451. The number of halogens is 12. The molecule has 0 heterocycles. The lowest BCUT2D eigenvalue weighted by atomic mass is 10.1. The highest BCUT2D eigenvalue weighted by molar-refractivity contribution is 5.51. The topological polar surface area (TPSA) is 24.1 Å². The van der Waals surface area contributed by atoms with Crippen LogP contribution in [0, 0.1) is 0 Å². The molecule has 0 aliphatic carbocycles. The van der Waals surface area contributed by atoms with Crippen LogP contribution in [0.5, 0.6) is 0 Å². The highest BCUT2D eigenvalue weighted by Crippen LogP contribution is 2.38. The maximum Gasteiger partial charge on any atom is 0.416 e. The SMILES string of the molecule is FC(F)(F)c1cc(NCCCNc2cc(C(F)(F)F)cc(C(F)(F)F)c2)cc(C(F)(F)F)c1. The first kappa shape index (κ1) is 26.5. The molecule has 2 aromatic carbocycles. The molecule has 0 aliphatic rings. The first-order valence-corrected chi connectivity index (χ1v) is 8.94. The van der Waals surface area contributed by atoms with Gasteiger partial charge in [0.05, 0.1) is 22.3 Å². The monoisotopic (exact) mass is 498 g/mol. The minimum Gasteiger partial charge on any atom is -0.385 e. The van der Waals surface area contributed by atoms with E-state index in [0.29, 0.717) is 24.3 Å². The van der Waals surface area contributed by atoms with Gasteiger partial charge in [0.15, 0.2) is 0 Å². The Morgan fingerprint density at radius 2 is 0.667 bits per heavy atom. The summed E-state index contributed by atoms with van der Waals surface area (Å²) in [6.07, 6.45) is -20.2. The molecule has 0 saturated carbocycles. The highest BCUT2D eigenvalue weighted by Gasteiger charge is 2.38. The molecule has 0 bridgehead atoms. The largest absolute Gasteiger partial charge is 0.416 e. The number of alkyl halides is 12. The van der Waals surface area contributed by atoms with Crippen LogP contribution in [-0.4, -0.2) is 13.1 Å². The second-order valence-corrected chi connectivity index (χ2v) is 6.80. The van der Waals surface area contributed by atoms with Gasteiger partial charge in [-0.3, -0.25) is 0 Å². The van der Waals surface area contributed by atoms with Crippen LogP contribution in [0.15, 0.2) is 36.4 Å². The molecule has 0 spiro atoms. The average Bonchev–Trinajstić information content (AvgIpc) is 2.64. The van der Waals surface area contributed by atoms with Crippen LogP contribution < -0.4 is 10.6 Å². The normalized spacial score (nSPS) is 13.2. The smallest absolute Gasteiger partial charge is 0.385 e. The van der Waals surface area contributed by atoms with Crippen LogP contribution >= 0.6 is 0 Å². The molecule has 0 fully saturated rings. The molecule has 0 aromatic heterocycles. The Morgan fingerprint density at radius 1 is 0.424 bits per heavy atom. The van der Waals surface area contributed by atoms with Crippen molar-refractivity contribution >= 4 is 11.4 Å². The van der Waals surface area contributed by atoms with Crippen LogP contribution in [-0.2, 0) is 24.7 Å². The quantitative estimate of drug-likeness (QED) is 0.316. The van der Waals surface area contributed by atoms with Crippen molar-refractivity contribution in [1.82, 2.24) is 0 Å². The molecule has 2 nitrogen and oxygen atoms in total. The highest BCUT2D eigenvalue weighted by atomic mass is 19.4. The van der Waals surface area contributed by atoms with Crippen molar-refractivity contribution in [2.45, 2.75) is 31.1 Å². The van der Waals surface area contributed by atoms with Gasteiger partial charge in [0, 0.05) is 24.5 Å². The second-order valence-electron chi connectivity index (χ2n) is 6.80. The fraction of sp³-hybridized carbons (Fsp3) is 0.368. The molecule has 0 amide bonds. The molecule has 14 heteroatoms. The van der Waals surface area contributed by atoms with E-state index < -0.39 is 58.3 Å². The number of nitrogens with one attached hydrogen (secondary N) is 2. The molecule has 33 heavy (non-hydrogen) atoms. The molecule has 0 aliphatic heterocycles. The third kappa shape index (κ3) is 7.63. The third-order valence-electron chi connectivity index (χ3n) is 4.19. The molecular formula is C19H14F12N2. The van der Waals surface area contributed by atoms with Crippen molar-refractivity contribution in [3.8, 4) is 0 Å². The predicted molar refractivity (Wildman–Crippen MR) is 94.5 cm³/mol. The van der Waals surface area contributed by atoms with Crippen LogP contribution in [0.1, 0.15) is 28.7 Å². The Morgan fingerprint density at radius 3 is 0.879 bits per heavy atom. The molecule has 0 saturated heterocycles. The van der Waals surface area contributed by atoms with E-state index in [-0.39, 0.29) is 31.6 Å². The summed E-state index contributed by atoms with van der Waals surface area (Å²) in [4.78, 5) is 0. The van der Waals surface area contributed by atoms with Crippen LogP contribution in [0.4, 0.5) is 64.1 Å². The van der Waals surface area contributed by atoms with E-state index in [4.69, 9.17) is 0 Å². The standard InChI is InChI=1S/C19H14F12N2/c20-16(21,22)10-4-11(17(23,24)25)7-14(6-10)32-2-1-3-33-15-8-12(18(26,27)28)5-13(9-15)19(29,30)31/h4-9,32-33H,1-3H2. The third-order valence-corrected chi connectivity index (χ3v) is 4.19. The van der Waals surface area contributed by atoms with Gasteiger partial charge in [-0.05, 0) is 42.8 Å². The van der Waals surface area contributed by atoms with Gasteiger partial charge in [0.1, 0.15) is 0 Å². The number of benzene rings is 2. The van der Waals surface area contributed by atoms with E-state index in [1.54, 1.807) is 0 Å². The number of anilines is 2. The summed E-state index contributed by atoms with van der Waals surface area (Å²) in [5.74, 6) is 0. The molecule has 0 radical (unpaired) electrons. The predicted octanol–water partition coefficient (Wildman–Crippen LogP) is 7.68. The van der Waals surface area contributed by atoms with Gasteiger partial charge >= 0.3 is 24.7 Å². The van der Waals surface area contributed by atoms with Crippen LogP contribution in [0.3, 0.4) is 0 Å². The summed E-state index contributed by atoms with van der Waals surface area (Å²) in [5, 5.41) is 4.65. The number of hydrogen-bond donors (Lipinski definition) is 2. The zero-order valence-electron chi connectivity index (χ0n) is 16.1. The molecule has 2 rings (SSSR count). The van der Waals surface area contributed by atoms with Gasteiger partial charge in [0.2, 0.25) is 0 Å². The van der Waals surface area contributed by atoms with Crippen LogP contribution in [0.2, 0.25) is 0 Å². The molecule has 2 aromatic rings. The lowest BCUT2D eigenvalue weighted by molar-refractivity contribution is -0.144. The van der Waals surface area contributed by atoms with E-state index in [9.17, 15) is 52.7 Å².